The third-order valence-corrected chi connectivity index (χ3v) is 5.19. The number of sulfone groups is 1. The predicted octanol–water partition coefficient (Wildman–Crippen LogP) is 2.14. The zero-order chi connectivity index (χ0) is 17.3. The van der Waals surface area contributed by atoms with Gasteiger partial charge in [-0.15, -0.1) is 0 Å². The highest BCUT2D eigenvalue weighted by molar-refractivity contribution is 7.91. The lowest BCUT2D eigenvalue weighted by Crippen LogP contribution is -2.28. The van der Waals surface area contributed by atoms with Crippen LogP contribution in [-0.4, -0.2) is 27.3 Å². The summed E-state index contributed by atoms with van der Waals surface area (Å²) in [5, 5.41) is -0.458. The van der Waals surface area contributed by atoms with Crippen molar-refractivity contribution in [2.75, 3.05) is 0 Å². The average molecular weight is 367 g/mol. The van der Waals surface area contributed by atoms with E-state index in [2.05, 4.69) is 9.17 Å². The van der Waals surface area contributed by atoms with Gasteiger partial charge in [0.1, 0.15) is 0 Å². The highest BCUT2D eigenvalue weighted by Crippen LogP contribution is 2.27. The van der Waals surface area contributed by atoms with Gasteiger partial charge in [0.25, 0.3) is 0 Å². The van der Waals surface area contributed by atoms with Gasteiger partial charge in [-0.3, -0.25) is 0 Å². The molecular weight excluding hydrogens is 359 g/mol. The van der Waals surface area contributed by atoms with Gasteiger partial charge in [-0.2, -0.15) is 21.6 Å². The summed E-state index contributed by atoms with van der Waals surface area (Å²) in [7, 11) is -9.81. The molecule has 23 heavy (non-hydrogen) atoms. The number of nitrogens with zero attached hydrogens (tertiary/aromatic N) is 1. The van der Waals surface area contributed by atoms with Crippen LogP contribution in [0.1, 0.15) is 0 Å². The molecule has 0 saturated carbocycles. The third-order valence-electron chi connectivity index (χ3n) is 2.53. The molecule has 0 radical (unpaired) electrons. The van der Waals surface area contributed by atoms with Crippen LogP contribution in [0.25, 0.3) is 0 Å². The van der Waals surface area contributed by atoms with Crippen LogP contribution in [0, 0.1) is 0 Å². The lowest BCUT2D eigenvalue weighted by atomic mass is 10.4. The number of rotatable bonds is 4. The molecule has 0 aliphatic heterocycles. The highest BCUT2D eigenvalue weighted by Gasteiger charge is 2.48. The smallest absolute Gasteiger partial charge is 0.374 e. The number of hydrogen-bond acceptors (Lipinski definition) is 6. The fourth-order valence-corrected chi connectivity index (χ4v) is 3.11. The topological polar surface area (TPSA) is 90.4 Å². The zero-order valence-corrected chi connectivity index (χ0v) is 12.7. The summed E-state index contributed by atoms with van der Waals surface area (Å²) in [5.41, 5.74) is -5.60. The first kappa shape index (κ1) is 17.2. The lowest BCUT2D eigenvalue weighted by Gasteiger charge is -2.09. The van der Waals surface area contributed by atoms with E-state index >= 15 is 0 Å². The Morgan fingerprint density at radius 2 is 1.52 bits per heavy atom. The molecule has 124 valence electrons. The molecule has 6 nitrogen and oxygen atoms in total. The molecule has 0 bridgehead atoms. The van der Waals surface area contributed by atoms with E-state index in [-0.39, 0.29) is 4.90 Å². The summed E-state index contributed by atoms with van der Waals surface area (Å²) in [6.07, 6.45) is 0.582. The highest BCUT2D eigenvalue weighted by atomic mass is 32.2. The molecule has 1 aromatic carbocycles. The molecule has 0 saturated heterocycles. The molecule has 0 unspecified atom stereocenters. The average Bonchev–Trinajstić information content (AvgIpc) is 2.47. The Labute approximate surface area is 129 Å². The Morgan fingerprint density at radius 3 is 2.00 bits per heavy atom. The van der Waals surface area contributed by atoms with E-state index in [0.717, 1.165) is 12.1 Å². The van der Waals surface area contributed by atoms with E-state index in [4.69, 9.17) is 0 Å². The summed E-state index contributed by atoms with van der Waals surface area (Å²) in [4.78, 5) is 3.38. The predicted molar refractivity (Wildman–Crippen MR) is 71.7 cm³/mol. The van der Waals surface area contributed by atoms with Gasteiger partial charge in [-0.1, -0.05) is 18.2 Å². The van der Waals surface area contributed by atoms with E-state index in [9.17, 15) is 30.0 Å². The Morgan fingerprint density at radius 1 is 0.913 bits per heavy atom. The summed E-state index contributed by atoms with van der Waals surface area (Å²) in [5.74, 6) is -0.755. The van der Waals surface area contributed by atoms with E-state index in [1.54, 1.807) is 6.07 Å². The second-order valence-electron chi connectivity index (χ2n) is 4.13. The van der Waals surface area contributed by atoms with Crippen LogP contribution < -0.4 is 4.18 Å². The first-order valence-electron chi connectivity index (χ1n) is 5.81. The Bertz CT molecular complexity index is 892. The number of alkyl halides is 3. The van der Waals surface area contributed by atoms with Crippen molar-refractivity contribution in [3.8, 4) is 5.75 Å². The van der Waals surface area contributed by atoms with Crippen molar-refractivity contribution < 1.29 is 34.2 Å². The van der Waals surface area contributed by atoms with Crippen molar-refractivity contribution in [1.82, 2.24) is 4.98 Å². The van der Waals surface area contributed by atoms with Crippen LogP contribution in [0.3, 0.4) is 0 Å². The minimum absolute atomic E-state index is 0.0657. The summed E-state index contributed by atoms with van der Waals surface area (Å²) >= 11 is 0. The van der Waals surface area contributed by atoms with Gasteiger partial charge in [0.05, 0.1) is 11.1 Å². The number of hydrogen-bond donors (Lipinski definition) is 0. The molecule has 0 aliphatic rings. The first-order valence-corrected chi connectivity index (χ1v) is 8.70. The van der Waals surface area contributed by atoms with Gasteiger partial charge < -0.3 is 4.18 Å². The Kier molecular flexibility index (Phi) is 4.35. The zero-order valence-electron chi connectivity index (χ0n) is 11.1. The number of pyridine rings is 1. The van der Waals surface area contributed by atoms with Crippen LogP contribution in [0.4, 0.5) is 13.2 Å². The van der Waals surface area contributed by atoms with Crippen molar-refractivity contribution in [1.29, 1.82) is 0 Å². The molecule has 0 spiro atoms. The standard InChI is InChI=1S/C12H8F3NO5S2/c13-12(14,15)23(19,20)21-9-6-7-11(16-8-9)22(17,18)10-4-2-1-3-5-10/h1-8H. The fraction of sp³-hybridized carbons (Fsp3) is 0.0833. The molecule has 0 aliphatic carbocycles. The minimum Gasteiger partial charge on any atom is -0.374 e. The van der Waals surface area contributed by atoms with Crippen molar-refractivity contribution >= 4 is 20.0 Å². The normalized spacial score (nSPS) is 12.8. The molecule has 0 amide bonds. The second kappa shape index (κ2) is 5.81. The SMILES string of the molecule is O=S(=O)(c1ccccc1)c1ccc(OS(=O)(=O)C(F)(F)F)cn1. The molecule has 0 atom stereocenters. The van der Waals surface area contributed by atoms with E-state index in [1.807, 2.05) is 0 Å². The van der Waals surface area contributed by atoms with Crippen LogP contribution in [0.15, 0.2) is 58.6 Å². The van der Waals surface area contributed by atoms with Gasteiger partial charge >= 0.3 is 15.6 Å². The van der Waals surface area contributed by atoms with Crippen molar-refractivity contribution in [2.24, 2.45) is 0 Å². The molecule has 1 aromatic heterocycles. The van der Waals surface area contributed by atoms with Crippen LogP contribution >= 0.6 is 0 Å². The van der Waals surface area contributed by atoms with Crippen molar-refractivity contribution in [3.05, 3.63) is 48.7 Å². The maximum atomic E-state index is 12.2. The number of halogens is 3. The van der Waals surface area contributed by atoms with E-state index < -0.39 is 36.2 Å². The fourth-order valence-electron chi connectivity index (χ4n) is 1.47. The van der Waals surface area contributed by atoms with Gasteiger partial charge in [0, 0.05) is 0 Å². The maximum absolute atomic E-state index is 12.2. The minimum atomic E-state index is -5.84. The lowest BCUT2D eigenvalue weighted by molar-refractivity contribution is -0.0500. The molecule has 2 aromatic rings. The van der Waals surface area contributed by atoms with Crippen LogP contribution in [0.2, 0.25) is 0 Å². The quantitative estimate of drug-likeness (QED) is 0.607. The molecule has 0 fully saturated rings. The molecule has 11 heteroatoms. The summed E-state index contributed by atoms with van der Waals surface area (Å²) in [6.45, 7) is 0. The van der Waals surface area contributed by atoms with Crippen LogP contribution in [-0.2, 0) is 20.0 Å². The second-order valence-corrected chi connectivity index (χ2v) is 7.57. The summed E-state index contributed by atoms with van der Waals surface area (Å²) < 4.78 is 86.4. The number of aromatic nitrogens is 1. The largest absolute Gasteiger partial charge is 0.534 e. The Hall–Kier alpha value is -2.14. The van der Waals surface area contributed by atoms with Gasteiger partial charge in [0.2, 0.25) is 9.84 Å². The van der Waals surface area contributed by atoms with E-state index in [1.165, 1.54) is 24.3 Å². The van der Waals surface area contributed by atoms with E-state index in [0.29, 0.717) is 6.20 Å². The first-order chi connectivity index (χ1) is 10.5. The summed E-state index contributed by atoms with van der Waals surface area (Å²) in [6, 6.07) is 8.83. The van der Waals surface area contributed by atoms with Crippen molar-refractivity contribution in [2.45, 2.75) is 15.4 Å². The molecular formula is C12H8F3NO5S2. The monoisotopic (exact) mass is 367 g/mol. The van der Waals surface area contributed by atoms with Gasteiger partial charge in [-0.05, 0) is 24.3 Å². The third kappa shape index (κ3) is 3.62. The maximum Gasteiger partial charge on any atom is 0.534 e. The molecule has 0 N–H and O–H groups in total. The van der Waals surface area contributed by atoms with Crippen molar-refractivity contribution in [3.63, 3.8) is 0 Å². The van der Waals surface area contributed by atoms with Gasteiger partial charge in [0.15, 0.2) is 10.8 Å². The number of benzene rings is 1. The van der Waals surface area contributed by atoms with Crippen LogP contribution in [0.5, 0.6) is 5.75 Å². The van der Waals surface area contributed by atoms with Gasteiger partial charge in [-0.25, -0.2) is 13.4 Å². The Balaban J connectivity index is 2.31. The molecule has 1 heterocycles. The molecule has 2 rings (SSSR count).